The fourth-order valence-electron chi connectivity index (χ4n) is 0.660. The van der Waals surface area contributed by atoms with Crippen LogP contribution in [0.1, 0.15) is 0 Å². The Morgan fingerprint density at radius 2 is 1.70 bits per heavy atom. The third kappa shape index (κ3) is 1.53. The zero-order valence-corrected chi connectivity index (χ0v) is 8.80. The Balaban J connectivity index is 3.17. The van der Waals surface area contributed by atoms with E-state index in [1.807, 2.05) is 0 Å². The first-order chi connectivity index (χ1) is 4.75. The minimum atomic E-state index is -1.64. The average Bonchev–Trinajstić information content (AvgIpc) is 1.88. The second-order valence-corrected chi connectivity index (χ2v) is 5.27. The molecule has 0 N–H and O–H groups in total. The average molecular weight is 214 g/mol. The Hall–Kier alpha value is -0.00662. The molecule has 0 aliphatic rings. The van der Waals surface area contributed by atoms with E-state index in [1.165, 1.54) is 18.2 Å². The van der Waals surface area contributed by atoms with Crippen LogP contribution in [-0.2, 0) is 16.1 Å². The molecular formula is C6H3ClF2Zn. The summed E-state index contributed by atoms with van der Waals surface area (Å²) in [5, 5.41) is 0. The number of benzene rings is 1. The van der Waals surface area contributed by atoms with Gasteiger partial charge in [0.15, 0.2) is 0 Å². The Bertz CT molecular complexity index is 219. The van der Waals surface area contributed by atoms with E-state index in [4.69, 9.17) is 9.69 Å². The standard InChI is InChI=1S/C6H3F2.ClH.Zn/c7-5-2-1-3-6(8)4-5;;/h1-3H;1H;/q;;+1/p-1. The first kappa shape index (κ1) is 8.09. The van der Waals surface area contributed by atoms with E-state index in [1.54, 1.807) is 0 Å². The molecule has 0 nitrogen and oxygen atoms in total. The van der Waals surface area contributed by atoms with Crippen LogP contribution < -0.4 is 4.16 Å². The molecule has 1 aromatic carbocycles. The molecule has 0 spiro atoms. The van der Waals surface area contributed by atoms with Crippen LogP contribution in [0.15, 0.2) is 18.2 Å². The Labute approximate surface area is 68.8 Å². The van der Waals surface area contributed by atoms with Crippen molar-refractivity contribution in [2.45, 2.75) is 0 Å². The monoisotopic (exact) mass is 212 g/mol. The summed E-state index contributed by atoms with van der Waals surface area (Å²) < 4.78 is 25.3. The molecule has 0 aliphatic heterocycles. The van der Waals surface area contributed by atoms with Crippen LogP contribution in [0.5, 0.6) is 0 Å². The molecule has 4 heteroatoms. The van der Waals surface area contributed by atoms with Crippen molar-refractivity contribution in [2.24, 2.45) is 0 Å². The number of hydrogen-bond donors (Lipinski definition) is 0. The van der Waals surface area contributed by atoms with Crippen molar-refractivity contribution in [1.29, 1.82) is 0 Å². The molecule has 0 atom stereocenters. The fourth-order valence-corrected chi connectivity index (χ4v) is 3.02. The van der Waals surface area contributed by atoms with Crippen molar-refractivity contribution in [3.8, 4) is 0 Å². The van der Waals surface area contributed by atoms with Gasteiger partial charge in [0.25, 0.3) is 0 Å². The molecule has 0 heterocycles. The molecule has 1 aromatic rings. The van der Waals surface area contributed by atoms with Gasteiger partial charge < -0.3 is 0 Å². The van der Waals surface area contributed by atoms with Gasteiger partial charge in [0.1, 0.15) is 0 Å². The first-order valence-electron chi connectivity index (χ1n) is 2.74. The molecule has 0 saturated carbocycles. The van der Waals surface area contributed by atoms with Crippen LogP contribution >= 0.6 is 9.69 Å². The molecule has 0 aromatic heterocycles. The van der Waals surface area contributed by atoms with Gasteiger partial charge in [-0.2, -0.15) is 0 Å². The predicted molar refractivity (Wildman–Crippen MR) is 31.8 cm³/mol. The topological polar surface area (TPSA) is 0 Å². The maximum absolute atomic E-state index is 12.6. The summed E-state index contributed by atoms with van der Waals surface area (Å²) in [5.74, 6) is -1.01. The first-order valence-corrected chi connectivity index (χ1v) is 8.13. The maximum atomic E-state index is 12.6. The van der Waals surface area contributed by atoms with E-state index in [2.05, 4.69) is 0 Å². The SMILES string of the molecule is Fc1cccc(F)[c]1[Zn][Cl]. The van der Waals surface area contributed by atoms with Crippen molar-refractivity contribution in [2.75, 3.05) is 0 Å². The van der Waals surface area contributed by atoms with Gasteiger partial charge in [0.05, 0.1) is 0 Å². The summed E-state index contributed by atoms with van der Waals surface area (Å²) in [4.78, 5) is 0. The van der Waals surface area contributed by atoms with E-state index in [0.717, 1.165) is 0 Å². The van der Waals surface area contributed by atoms with Crippen LogP contribution in [0, 0.1) is 11.6 Å². The molecular weight excluding hydrogens is 211 g/mol. The van der Waals surface area contributed by atoms with Gasteiger partial charge in [0, 0.05) is 0 Å². The number of hydrogen-bond acceptors (Lipinski definition) is 0. The molecule has 0 amide bonds. The third-order valence-corrected chi connectivity index (χ3v) is 4.56. The van der Waals surface area contributed by atoms with Crippen molar-refractivity contribution in [3.05, 3.63) is 29.8 Å². The van der Waals surface area contributed by atoms with E-state index in [9.17, 15) is 8.78 Å². The number of rotatable bonds is 1. The van der Waals surface area contributed by atoms with Gasteiger partial charge in [-0.1, -0.05) is 0 Å². The fraction of sp³-hybridized carbons (Fsp3) is 0. The summed E-state index contributed by atoms with van der Waals surface area (Å²) in [6, 6.07) is 3.79. The molecule has 0 aliphatic carbocycles. The van der Waals surface area contributed by atoms with Crippen LogP contribution in [0.25, 0.3) is 0 Å². The van der Waals surface area contributed by atoms with Crippen molar-refractivity contribution in [3.63, 3.8) is 0 Å². The summed E-state index contributed by atoms with van der Waals surface area (Å²) >= 11 is -1.64. The van der Waals surface area contributed by atoms with E-state index in [-0.39, 0.29) is 4.16 Å². The molecule has 10 heavy (non-hydrogen) atoms. The van der Waals surface area contributed by atoms with Crippen molar-refractivity contribution < 1.29 is 24.9 Å². The van der Waals surface area contributed by atoms with Gasteiger partial charge in [-0.3, -0.25) is 0 Å². The molecule has 50 valence electrons. The summed E-state index contributed by atoms with van der Waals surface area (Å²) in [7, 11) is 5.44. The van der Waals surface area contributed by atoms with E-state index in [0.29, 0.717) is 0 Å². The van der Waals surface area contributed by atoms with Crippen LogP contribution in [-0.4, -0.2) is 0 Å². The van der Waals surface area contributed by atoms with E-state index < -0.39 is 27.8 Å². The summed E-state index contributed by atoms with van der Waals surface area (Å²) in [6.07, 6.45) is 0. The second-order valence-electron chi connectivity index (χ2n) is 1.83. The molecule has 0 fully saturated rings. The van der Waals surface area contributed by atoms with Crippen LogP contribution in [0.4, 0.5) is 8.78 Å². The van der Waals surface area contributed by atoms with Gasteiger partial charge in [0.2, 0.25) is 0 Å². The summed E-state index contributed by atoms with van der Waals surface area (Å²) in [6.45, 7) is 0. The van der Waals surface area contributed by atoms with Gasteiger partial charge in [-0.25, -0.2) is 0 Å². The zero-order chi connectivity index (χ0) is 7.56. The van der Waals surface area contributed by atoms with Gasteiger partial charge in [-0.05, 0) is 0 Å². The van der Waals surface area contributed by atoms with Crippen molar-refractivity contribution >= 4 is 13.8 Å². The summed E-state index contributed by atoms with van der Waals surface area (Å²) in [5.41, 5.74) is 0. The molecule has 0 unspecified atom stereocenters. The Kier molecular flexibility index (Phi) is 2.75. The Morgan fingerprint density at radius 3 is 2.00 bits per heavy atom. The van der Waals surface area contributed by atoms with Crippen LogP contribution in [0.2, 0.25) is 0 Å². The Morgan fingerprint density at radius 1 is 1.20 bits per heavy atom. The molecule has 0 bridgehead atoms. The van der Waals surface area contributed by atoms with Gasteiger partial charge >= 0.3 is 68.6 Å². The van der Waals surface area contributed by atoms with Crippen molar-refractivity contribution in [1.82, 2.24) is 0 Å². The molecule has 1 rings (SSSR count). The predicted octanol–water partition coefficient (Wildman–Crippen LogP) is 1.83. The minimum absolute atomic E-state index is 0.122. The van der Waals surface area contributed by atoms with Crippen LogP contribution in [0.3, 0.4) is 0 Å². The zero-order valence-electron chi connectivity index (χ0n) is 5.07. The third-order valence-electron chi connectivity index (χ3n) is 1.20. The number of halogens is 3. The second kappa shape index (κ2) is 3.40. The quantitative estimate of drug-likeness (QED) is 0.625. The molecule has 0 radical (unpaired) electrons. The van der Waals surface area contributed by atoms with E-state index >= 15 is 0 Å². The normalized spacial score (nSPS) is 9.10. The molecule has 0 saturated heterocycles. The van der Waals surface area contributed by atoms with Gasteiger partial charge in [-0.15, -0.1) is 0 Å².